The summed E-state index contributed by atoms with van der Waals surface area (Å²) in [6, 6.07) is 0. The van der Waals surface area contributed by atoms with E-state index in [0.29, 0.717) is 6.61 Å². The Morgan fingerprint density at radius 2 is 1.17 bits per heavy atom. The molecule has 0 spiro atoms. The molecule has 0 radical (unpaired) electrons. The number of hydrogen-bond acceptors (Lipinski definition) is 5. The van der Waals surface area contributed by atoms with E-state index in [1.54, 1.807) is 0 Å². The molecular weight excluding hydrogens is 337 g/mol. The molecule has 0 saturated carbocycles. The van der Waals surface area contributed by atoms with Gasteiger partial charge in [0.15, 0.2) is 0 Å². The van der Waals surface area contributed by atoms with E-state index >= 15 is 0 Å². The van der Waals surface area contributed by atoms with Crippen LogP contribution in [0.4, 0.5) is 4.79 Å². The van der Waals surface area contributed by atoms with Crippen molar-refractivity contribution in [3.8, 4) is 0 Å². The molecule has 0 aliphatic carbocycles. The summed E-state index contributed by atoms with van der Waals surface area (Å²) in [5.74, 6) is 0. The second-order valence-corrected chi connectivity index (χ2v) is 5.64. The Morgan fingerprint density at radius 1 is 0.870 bits per heavy atom. The van der Waals surface area contributed by atoms with E-state index in [-0.39, 0.29) is 35.7 Å². The Labute approximate surface area is 161 Å². The van der Waals surface area contributed by atoms with Crippen molar-refractivity contribution >= 4 is 46.1 Å². The third-order valence-electron chi connectivity index (χ3n) is 2.72. The monoisotopic (exact) mass is 369 g/mol. The first-order chi connectivity index (χ1) is 9.77. The van der Waals surface area contributed by atoms with Crippen molar-refractivity contribution in [2.24, 2.45) is 0 Å². The topological polar surface area (TPSA) is 156 Å². The first kappa shape index (κ1) is 30.9. The zero-order chi connectivity index (χ0) is 16.6. The number of carbonyl (C=O) groups is 1. The molecule has 138 valence electrons. The summed E-state index contributed by atoms with van der Waals surface area (Å²) in [7, 11) is -4.67. The first-order valence-corrected chi connectivity index (χ1v) is 8.72. The molecule has 0 aromatic rings. The van der Waals surface area contributed by atoms with Crippen LogP contribution in [-0.2, 0) is 15.1 Å². The van der Waals surface area contributed by atoms with Crippen LogP contribution in [0.5, 0.6) is 0 Å². The van der Waals surface area contributed by atoms with Crippen molar-refractivity contribution in [2.45, 2.75) is 71.1 Å². The molecule has 23 heavy (non-hydrogen) atoms. The Balaban J connectivity index is -0.000000225. The molecule has 0 heterocycles. The number of rotatable bonds is 11. The van der Waals surface area contributed by atoms with Gasteiger partial charge < -0.3 is 16.0 Å². The quantitative estimate of drug-likeness (QED) is 0.187. The van der Waals surface area contributed by atoms with Crippen molar-refractivity contribution in [1.29, 1.82) is 0 Å². The molecular formula is C13H32NNaO7S. The second kappa shape index (κ2) is 22.1. The van der Waals surface area contributed by atoms with Crippen LogP contribution < -0.4 is 6.15 Å². The van der Waals surface area contributed by atoms with Gasteiger partial charge in [0.05, 0.1) is 6.61 Å². The van der Waals surface area contributed by atoms with Gasteiger partial charge in [-0.2, -0.15) is 8.42 Å². The first-order valence-electron chi connectivity index (χ1n) is 7.33. The van der Waals surface area contributed by atoms with Crippen LogP contribution in [0.25, 0.3) is 0 Å². The fourth-order valence-electron chi connectivity index (χ4n) is 1.75. The third kappa shape index (κ3) is 52.0. The predicted octanol–water partition coefficient (Wildman–Crippen LogP) is 3.46. The molecule has 0 bridgehead atoms. The molecule has 8 nitrogen and oxygen atoms in total. The fourth-order valence-corrected chi connectivity index (χ4v) is 1.75. The zero-order valence-corrected chi connectivity index (χ0v) is 14.2. The SMILES string of the molecule is CCCCCCCCCCCCOC(=O)O.N.O=S(=O)(O)O.[NaH]. The minimum absolute atomic E-state index is 0. The van der Waals surface area contributed by atoms with E-state index in [1.807, 2.05) is 0 Å². The maximum absolute atomic E-state index is 10.0. The van der Waals surface area contributed by atoms with Gasteiger partial charge in [-0.3, -0.25) is 9.11 Å². The predicted molar refractivity (Wildman–Crippen MR) is 92.2 cm³/mol. The number of carboxylic acid groups (broad SMARTS) is 1. The van der Waals surface area contributed by atoms with Crippen molar-refractivity contribution in [3.05, 3.63) is 0 Å². The molecule has 0 aliphatic rings. The summed E-state index contributed by atoms with van der Waals surface area (Å²) in [6.45, 7) is 2.59. The molecule has 0 atom stereocenters. The standard InChI is InChI=1S/C13H26O3.H3N.Na.H2O4S.H/c1-2-3-4-5-6-7-8-9-10-11-12-16-13(14)15;;;1-5(2,3)4;/h2-12H2,1H3,(H,14,15);1H3;;(H2,1,2,3,4);. The maximum atomic E-state index is 10.0. The van der Waals surface area contributed by atoms with Crippen molar-refractivity contribution in [3.63, 3.8) is 0 Å². The summed E-state index contributed by atoms with van der Waals surface area (Å²) in [5.41, 5.74) is 0. The van der Waals surface area contributed by atoms with Gasteiger partial charge in [0, 0.05) is 0 Å². The summed E-state index contributed by atoms with van der Waals surface area (Å²) < 4.78 is 36.0. The van der Waals surface area contributed by atoms with Crippen LogP contribution in [-0.4, -0.2) is 64.9 Å². The van der Waals surface area contributed by atoms with Gasteiger partial charge in [-0.15, -0.1) is 0 Å². The second-order valence-electron chi connectivity index (χ2n) is 4.74. The molecule has 0 saturated heterocycles. The van der Waals surface area contributed by atoms with E-state index in [4.69, 9.17) is 22.6 Å². The fraction of sp³-hybridized carbons (Fsp3) is 0.923. The molecule has 0 rings (SSSR count). The van der Waals surface area contributed by atoms with Crippen molar-refractivity contribution < 1.29 is 32.2 Å². The molecule has 10 heteroatoms. The van der Waals surface area contributed by atoms with Gasteiger partial charge in [0.1, 0.15) is 0 Å². The van der Waals surface area contributed by atoms with E-state index < -0.39 is 16.6 Å². The van der Waals surface area contributed by atoms with Crippen LogP contribution in [0.3, 0.4) is 0 Å². The molecule has 0 aliphatic heterocycles. The Hall–Kier alpha value is 0.1000. The van der Waals surface area contributed by atoms with Crippen LogP contribution in [0.1, 0.15) is 71.1 Å². The Morgan fingerprint density at radius 3 is 1.48 bits per heavy atom. The molecule has 0 unspecified atom stereocenters. The van der Waals surface area contributed by atoms with Crippen LogP contribution in [0.15, 0.2) is 0 Å². The van der Waals surface area contributed by atoms with E-state index in [1.165, 1.54) is 51.4 Å². The summed E-state index contributed by atoms with van der Waals surface area (Å²) in [5, 5.41) is 8.23. The average molecular weight is 369 g/mol. The number of ether oxygens (including phenoxy) is 1. The zero-order valence-electron chi connectivity index (χ0n) is 13.4. The molecule has 0 fully saturated rings. The Kier molecular flexibility index (Phi) is 29.7. The molecule has 0 aromatic heterocycles. The van der Waals surface area contributed by atoms with Gasteiger partial charge in [-0.05, 0) is 6.42 Å². The molecule has 0 aromatic carbocycles. The van der Waals surface area contributed by atoms with Crippen LogP contribution >= 0.6 is 0 Å². The average Bonchev–Trinajstić information content (AvgIpc) is 2.33. The van der Waals surface area contributed by atoms with Gasteiger partial charge in [0.2, 0.25) is 0 Å². The van der Waals surface area contributed by atoms with Gasteiger partial charge in [-0.1, -0.05) is 64.7 Å². The summed E-state index contributed by atoms with van der Waals surface area (Å²) in [6.07, 6.45) is 11.4. The van der Waals surface area contributed by atoms with Crippen LogP contribution in [0, 0.1) is 0 Å². The Bertz CT molecular complexity index is 331. The van der Waals surface area contributed by atoms with E-state index in [9.17, 15) is 4.79 Å². The number of hydrogen-bond donors (Lipinski definition) is 4. The van der Waals surface area contributed by atoms with E-state index in [0.717, 1.165) is 12.8 Å². The van der Waals surface area contributed by atoms with Gasteiger partial charge in [-0.25, -0.2) is 4.79 Å². The third-order valence-corrected chi connectivity index (χ3v) is 2.72. The van der Waals surface area contributed by atoms with E-state index in [2.05, 4.69) is 11.7 Å². The minimum atomic E-state index is -4.67. The molecule has 0 amide bonds. The summed E-state index contributed by atoms with van der Waals surface area (Å²) in [4.78, 5) is 10.0. The van der Waals surface area contributed by atoms with Gasteiger partial charge >= 0.3 is 46.1 Å². The molecule has 6 N–H and O–H groups in total. The summed E-state index contributed by atoms with van der Waals surface area (Å²) >= 11 is 0. The van der Waals surface area contributed by atoms with Crippen molar-refractivity contribution in [2.75, 3.05) is 6.61 Å². The van der Waals surface area contributed by atoms with Crippen LogP contribution in [0.2, 0.25) is 0 Å². The van der Waals surface area contributed by atoms with Crippen molar-refractivity contribution in [1.82, 2.24) is 6.15 Å². The van der Waals surface area contributed by atoms with Gasteiger partial charge in [0.25, 0.3) is 0 Å². The normalized spacial score (nSPS) is 9.70. The number of unbranched alkanes of at least 4 members (excludes halogenated alkanes) is 9.